The van der Waals surface area contributed by atoms with Crippen LogP contribution in [-0.4, -0.2) is 9.97 Å². The average Bonchev–Trinajstić information content (AvgIpc) is 2.61. The average molecular weight is 354 g/mol. The normalized spacial score (nSPS) is 11.0. The number of benzene rings is 2. The van der Waals surface area contributed by atoms with Crippen LogP contribution in [0.5, 0.6) is 0 Å². The first-order valence-electron chi connectivity index (χ1n) is 7.64. The van der Waals surface area contributed by atoms with Gasteiger partial charge in [0, 0.05) is 11.9 Å². The highest BCUT2D eigenvalue weighted by molar-refractivity contribution is 5.71. The quantitative estimate of drug-likeness (QED) is 0.712. The number of aromatic nitrogens is 2. The molecule has 0 fully saturated rings. The Morgan fingerprint density at radius 3 is 2.58 bits per heavy atom. The van der Waals surface area contributed by atoms with Gasteiger partial charge in [0.25, 0.3) is 0 Å². The van der Waals surface area contributed by atoms with E-state index in [0.717, 1.165) is 29.0 Å². The fourth-order valence-corrected chi connectivity index (χ4v) is 2.50. The highest BCUT2D eigenvalue weighted by Crippen LogP contribution is 2.29. The zero-order chi connectivity index (χ0) is 18.7. The van der Waals surface area contributed by atoms with Gasteiger partial charge < -0.3 is 5.32 Å². The molecule has 0 aliphatic carbocycles. The molecule has 3 rings (SSSR count). The number of alkyl halides is 3. The Hall–Kier alpha value is -3.40. The molecule has 1 N–H and O–H groups in total. The minimum Gasteiger partial charge on any atom is -0.324 e. The van der Waals surface area contributed by atoms with Gasteiger partial charge in [0.15, 0.2) is 0 Å². The molecule has 3 aromatic rings. The van der Waals surface area contributed by atoms with E-state index in [1.165, 1.54) is 0 Å². The maximum absolute atomic E-state index is 12.8. The largest absolute Gasteiger partial charge is 0.433 e. The van der Waals surface area contributed by atoms with Crippen molar-refractivity contribution < 1.29 is 13.2 Å². The number of anilines is 2. The number of aryl methyl sites for hydroxylation is 1. The molecule has 0 unspecified atom stereocenters. The highest BCUT2D eigenvalue weighted by atomic mass is 19.4. The Morgan fingerprint density at radius 1 is 1.04 bits per heavy atom. The van der Waals surface area contributed by atoms with Crippen LogP contribution in [0.1, 0.15) is 16.8 Å². The van der Waals surface area contributed by atoms with Crippen LogP contribution in [0.2, 0.25) is 0 Å². The third-order valence-corrected chi connectivity index (χ3v) is 3.60. The predicted octanol–water partition coefficient (Wildman–Crippen LogP) is 5.09. The summed E-state index contributed by atoms with van der Waals surface area (Å²) in [6.45, 7) is 1.87. The van der Waals surface area contributed by atoms with Crippen LogP contribution in [0.4, 0.5) is 24.8 Å². The summed E-state index contributed by atoms with van der Waals surface area (Å²) in [5.74, 6) is -0.137. The Balaban J connectivity index is 1.95. The summed E-state index contributed by atoms with van der Waals surface area (Å²) in [4.78, 5) is 7.35. The molecule has 2 aromatic carbocycles. The first-order chi connectivity index (χ1) is 12.3. The fraction of sp³-hybridized carbons (Fsp3) is 0.105. The van der Waals surface area contributed by atoms with E-state index in [-0.39, 0.29) is 5.95 Å². The van der Waals surface area contributed by atoms with Gasteiger partial charge in [-0.3, -0.25) is 0 Å². The molecule has 7 heteroatoms. The summed E-state index contributed by atoms with van der Waals surface area (Å²) in [5.41, 5.74) is 2.64. The van der Waals surface area contributed by atoms with E-state index in [4.69, 9.17) is 5.26 Å². The molecule has 0 spiro atoms. The third kappa shape index (κ3) is 3.98. The standard InChI is InChI=1S/C19H13F3N4/c1-12-7-15(14-4-2-3-13(9-14)11-23)10-16(8-12)25-18-24-6-5-17(26-18)19(20,21)22/h2-10H,1H3,(H,24,25,26). The number of nitriles is 1. The Bertz CT molecular complexity index is 991. The second-order valence-corrected chi connectivity index (χ2v) is 5.67. The summed E-state index contributed by atoms with van der Waals surface area (Å²) in [5, 5.41) is 11.8. The van der Waals surface area contributed by atoms with Crippen LogP contribution >= 0.6 is 0 Å². The van der Waals surface area contributed by atoms with Crippen molar-refractivity contribution in [3.8, 4) is 17.2 Å². The highest BCUT2D eigenvalue weighted by Gasteiger charge is 2.32. The van der Waals surface area contributed by atoms with E-state index in [1.54, 1.807) is 30.3 Å². The molecule has 130 valence electrons. The van der Waals surface area contributed by atoms with Crippen molar-refractivity contribution in [1.29, 1.82) is 5.26 Å². The van der Waals surface area contributed by atoms with Gasteiger partial charge in [-0.2, -0.15) is 18.4 Å². The lowest BCUT2D eigenvalue weighted by molar-refractivity contribution is -0.141. The molecule has 1 aromatic heterocycles. The summed E-state index contributed by atoms with van der Waals surface area (Å²) >= 11 is 0. The van der Waals surface area contributed by atoms with Gasteiger partial charge in [-0.05, 0) is 53.9 Å². The molecular weight excluding hydrogens is 341 g/mol. The second-order valence-electron chi connectivity index (χ2n) is 5.67. The van der Waals surface area contributed by atoms with E-state index in [2.05, 4.69) is 21.4 Å². The SMILES string of the molecule is Cc1cc(Nc2nccc(C(F)(F)F)n2)cc(-c2cccc(C#N)c2)c1. The lowest BCUT2D eigenvalue weighted by atomic mass is 10.0. The minimum absolute atomic E-state index is 0.137. The van der Waals surface area contributed by atoms with Gasteiger partial charge in [-0.1, -0.05) is 18.2 Å². The number of rotatable bonds is 3. The second kappa shape index (κ2) is 6.84. The molecule has 0 atom stereocenters. The molecule has 0 amide bonds. The van der Waals surface area contributed by atoms with Crippen LogP contribution in [0.15, 0.2) is 54.7 Å². The molecule has 4 nitrogen and oxygen atoms in total. The van der Waals surface area contributed by atoms with Crippen molar-refractivity contribution in [2.45, 2.75) is 13.1 Å². The molecule has 0 radical (unpaired) electrons. The minimum atomic E-state index is -4.53. The number of hydrogen-bond donors (Lipinski definition) is 1. The molecule has 0 saturated heterocycles. The zero-order valence-corrected chi connectivity index (χ0v) is 13.7. The van der Waals surface area contributed by atoms with Crippen LogP contribution in [0.25, 0.3) is 11.1 Å². The predicted molar refractivity (Wildman–Crippen MR) is 91.6 cm³/mol. The first kappa shape index (κ1) is 17.4. The van der Waals surface area contributed by atoms with Gasteiger partial charge in [-0.25, -0.2) is 9.97 Å². The van der Waals surface area contributed by atoms with Gasteiger partial charge in [0.1, 0.15) is 5.69 Å². The lowest BCUT2D eigenvalue weighted by Gasteiger charge is -2.11. The number of nitrogens with zero attached hydrogens (tertiary/aromatic N) is 3. The van der Waals surface area contributed by atoms with Gasteiger partial charge in [0.2, 0.25) is 5.95 Å². The van der Waals surface area contributed by atoms with Crippen molar-refractivity contribution >= 4 is 11.6 Å². The first-order valence-corrected chi connectivity index (χ1v) is 7.64. The summed E-state index contributed by atoms with van der Waals surface area (Å²) in [7, 11) is 0. The monoisotopic (exact) mass is 354 g/mol. The Morgan fingerprint density at radius 2 is 1.85 bits per heavy atom. The molecule has 1 heterocycles. The van der Waals surface area contributed by atoms with E-state index >= 15 is 0 Å². The Labute approximate surface area is 148 Å². The van der Waals surface area contributed by atoms with Crippen LogP contribution in [0.3, 0.4) is 0 Å². The zero-order valence-electron chi connectivity index (χ0n) is 13.7. The van der Waals surface area contributed by atoms with Crippen molar-refractivity contribution in [3.63, 3.8) is 0 Å². The molecule has 0 aliphatic heterocycles. The lowest BCUT2D eigenvalue weighted by Crippen LogP contribution is -2.10. The summed E-state index contributed by atoms with van der Waals surface area (Å²) in [6.07, 6.45) is -3.47. The maximum Gasteiger partial charge on any atom is 0.433 e. The summed E-state index contributed by atoms with van der Waals surface area (Å²) in [6, 6.07) is 15.5. The third-order valence-electron chi connectivity index (χ3n) is 3.60. The van der Waals surface area contributed by atoms with E-state index in [9.17, 15) is 13.2 Å². The number of nitrogens with one attached hydrogen (secondary N) is 1. The van der Waals surface area contributed by atoms with Crippen LogP contribution < -0.4 is 5.32 Å². The number of halogens is 3. The van der Waals surface area contributed by atoms with Crippen LogP contribution in [0, 0.1) is 18.3 Å². The van der Waals surface area contributed by atoms with Gasteiger partial charge in [0.05, 0.1) is 11.6 Å². The van der Waals surface area contributed by atoms with Gasteiger partial charge >= 0.3 is 6.18 Å². The molecular formula is C19H13F3N4. The van der Waals surface area contributed by atoms with E-state index < -0.39 is 11.9 Å². The van der Waals surface area contributed by atoms with E-state index in [0.29, 0.717) is 11.3 Å². The van der Waals surface area contributed by atoms with E-state index in [1.807, 2.05) is 19.1 Å². The fourth-order valence-electron chi connectivity index (χ4n) is 2.50. The molecule has 0 bridgehead atoms. The van der Waals surface area contributed by atoms with Crippen molar-refractivity contribution in [2.75, 3.05) is 5.32 Å². The molecule has 26 heavy (non-hydrogen) atoms. The molecule has 0 aliphatic rings. The number of hydrogen-bond acceptors (Lipinski definition) is 4. The van der Waals surface area contributed by atoms with Gasteiger partial charge in [-0.15, -0.1) is 0 Å². The topological polar surface area (TPSA) is 61.6 Å². The Kier molecular flexibility index (Phi) is 4.59. The van der Waals surface area contributed by atoms with Crippen molar-refractivity contribution in [3.05, 3.63) is 71.5 Å². The van der Waals surface area contributed by atoms with Crippen molar-refractivity contribution in [2.24, 2.45) is 0 Å². The smallest absolute Gasteiger partial charge is 0.324 e. The van der Waals surface area contributed by atoms with Crippen LogP contribution in [-0.2, 0) is 6.18 Å². The molecule has 0 saturated carbocycles. The maximum atomic E-state index is 12.8. The summed E-state index contributed by atoms with van der Waals surface area (Å²) < 4.78 is 38.3. The van der Waals surface area contributed by atoms with Crippen molar-refractivity contribution in [1.82, 2.24) is 9.97 Å².